The van der Waals surface area contributed by atoms with E-state index < -0.39 is 6.04 Å². The summed E-state index contributed by atoms with van der Waals surface area (Å²) in [5.41, 5.74) is 7.83. The van der Waals surface area contributed by atoms with Gasteiger partial charge in [0.15, 0.2) is 0 Å². The predicted octanol–water partition coefficient (Wildman–Crippen LogP) is 2.88. The van der Waals surface area contributed by atoms with Crippen molar-refractivity contribution in [3.8, 4) is 0 Å². The molecule has 1 saturated heterocycles. The van der Waals surface area contributed by atoms with Gasteiger partial charge < -0.3 is 27.0 Å². The monoisotopic (exact) mass is 536 g/mol. The number of amides is 2. The van der Waals surface area contributed by atoms with Gasteiger partial charge in [0.05, 0.1) is 6.04 Å². The Morgan fingerprint density at radius 2 is 1.62 bits per heavy atom. The number of hydrogen-bond donors (Lipinski definition) is 5. The Hall–Kier alpha value is -3.24. The van der Waals surface area contributed by atoms with E-state index >= 15 is 0 Å². The number of nitrogens with zero attached hydrogens (tertiary/aromatic N) is 3. The molecule has 1 unspecified atom stereocenters. The van der Waals surface area contributed by atoms with Crippen LogP contribution in [0.1, 0.15) is 73.7 Å². The first-order valence-electron chi connectivity index (χ1n) is 14.5. The molecule has 4 rings (SSSR count). The third-order valence-corrected chi connectivity index (χ3v) is 7.46. The van der Waals surface area contributed by atoms with Crippen molar-refractivity contribution in [2.24, 2.45) is 5.73 Å². The molecule has 1 aromatic heterocycles. The lowest BCUT2D eigenvalue weighted by atomic mass is 10.0. The van der Waals surface area contributed by atoms with Gasteiger partial charge in [-0.15, -0.1) is 0 Å². The predicted molar refractivity (Wildman–Crippen MR) is 155 cm³/mol. The number of anilines is 2. The van der Waals surface area contributed by atoms with Gasteiger partial charge in [-0.3, -0.25) is 14.5 Å². The zero-order valence-corrected chi connectivity index (χ0v) is 23.0. The largest absolute Gasteiger partial charge is 0.369 e. The van der Waals surface area contributed by atoms with Crippen LogP contribution in [0.15, 0.2) is 36.5 Å². The third kappa shape index (κ3) is 9.47. The second-order valence-electron chi connectivity index (χ2n) is 10.6. The van der Waals surface area contributed by atoms with Crippen molar-refractivity contribution in [3.63, 3.8) is 0 Å². The summed E-state index contributed by atoms with van der Waals surface area (Å²) in [4.78, 5) is 37.0. The molecule has 2 aliphatic heterocycles. The van der Waals surface area contributed by atoms with Crippen LogP contribution in [0.4, 0.5) is 11.8 Å². The van der Waals surface area contributed by atoms with Gasteiger partial charge in [-0.05, 0) is 50.5 Å². The van der Waals surface area contributed by atoms with Crippen molar-refractivity contribution in [1.29, 1.82) is 0 Å². The topological polar surface area (TPSA) is 137 Å². The van der Waals surface area contributed by atoms with Gasteiger partial charge in [0.25, 0.3) is 5.91 Å². The molecule has 0 aliphatic carbocycles. The number of carbonyl (C=O) groups excluding carboxylic acids is 2. The smallest absolute Gasteiger partial charge is 0.256 e. The van der Waals surface area contributed by atoms with Crippen LogP contribution in [-0.4, -0.2) is 71.5 Å². The van der Waals surface area contributed by atoms with E-state index in [0.717, 1.165) is 77.5 Å². The average Bonchev–Trinajstić information content (AvgIpc) is 2.95. The Morgan fingerprint density at radius 3 is 2.38 bits per heavy atom. The molecule has 2 aromatic rings. The molecule has 2 amide bonds. The molecule has 39 heavy (non-hydrogen) atoms. The van der Waals surface area contributed by atoms with Gasteiger partial charge in [0, 0.05) is 51.5 Å². The van der Waals surface area contributed by atoms with E-state index in [1.54, 1.807) is 6.20 Å². The number of piperidine rings is 1. The van der Waals surface area contributed by atoms with Gasteiger partial charge in [-0.1, -0.05) is 43.2 Å². The highest BCUT2D eigenvalue weighted by Gasteiger charge is 2.23. The van der Waals surface area contributed by atoms with E-state index in [0.29, 0.717) is 36.8 Å². The maximum atomic E-state index is 13.3. The summed E-state index contributed by atoms with van der Waals surface area (Å²) in [6, 6.07) is 10.1. The van der Waals surface area contributed by atoms with E-state index in [1.165, 1.54) is 5.56 Å². The standard InChI is InChI=1S/C29H44N8O2/c30-25-12-6-9-15-31-26-24(20-34-29(36-26)33-17-8-2-1-7-16-32-28(25)39)27(38)35-23-13-18-37(19-14-23)21-22-10-4-3-5-11-22/h3-5,10-11,20,23,25H,1-2,6-9,12-19,21,30H2,(H,32,39)(H,35,38)(H2,31,33,34,36). The van der Waals surface area contributed by atoms with Crippen molar-refractivity contribution in [2.75, 3.05) is 43.4 Å². The second kappa shape index (κ2) is 15.4. The van der Waals surface area contributed by atoms with Crippen LogP contribution < -0.4 is 27.0 Å². The molecule has 0 saturated carbocycles. The quantitative estimate of drug-likeness (QED) is 0.402. The van der Waals surface area contributed by atoms with Crippen molar-refractivity contribution >= 4 is 23.6 Å². The molecule has 212 valence electrons. The minimum absolute atomic E-state index is 0.0731. The van der Waals surface area contributed by atoms with Gasteiger partial charge in [0.2, 0.25) is 11.9 Å². The molecule has 1 fully saturated rings. The minimum atomic E-state index is -0.487. The first-order valence-corrected chi connectivity index (χ1v) is 14.5. The van der Waals surface area contributed by atoms with E-state index in [4.69, 9.17) is 5.73 Å². The summed E-state index contributed by atoms with van der Waals surface area (Å²) >= 11 is 0. The van der Waals surface area contributed by atoms with Gasteiger partial charge in [0.1, 0.15) is 11.4 Å². The average molecular weight is 537 g/mol. The summed E-state index contributed by atoms with van der Waals surface area (Å²) in [6.07, 6.45) is 9.70. The number of hydrogen-bond acceptors (Lipinski definition) is 8. The van der Waals surface area contributed by atoms with Crippen LogP contribution in [-0.2, 0) is 11.3 Å². The van der Waals surface area contributed by atoms with Crippen molar-refractivity contribution in [2.45, 2.75) is 76.4 Å². The molecule has 2 bridgehead atoms. The number of nitrogens with one attached hydrogen (secondary N) is 4. The Labute approximate surface area is 231 Å². The SMILES string of the molecule is NC1CCCCNc2nc(ncc2C(=O)NC2CCN(Cc3ccccc3)CC2)NCCCCCCNC1=O. The lowest BCUT2D eigenvalue weighted by Gasteiger charge is -2.32. The van der Waals surface area contributed by atoms with Crippen LogP contribution in [0.3, 0.4) is 0 Å². The Balaban J connectivity index is 1.33. The fourth-order valence-corrected chi connectivity index (χ4v) is 5.08. The fourth-order valence-electron chi connectivity index (χ4n) is 5.08. The lowest BCUT2D eigenvalue weighted by Crippen LogP contribution is -2.44. The van der Waals surface area contributed by atoms with Gasteiger partial charge in [-0.2, -0.15) is 4.98 Å². The lowest BCUT2D eigenvalue weighted by molar-refractivity contribution is -0.122. The molecule has 6 N–H and O–H groups in total. The summed E-state index contributed by atoms with van der Waals surface area (Å²) in [7, 11) is 0. The molecule has 2 aliphatic rings. The summed E-state index contributed by atoms with van der Waals surface area (Å²) < 4.78 is 0. The minimum Gasteiger partial charge on any atom is -0.369 e. The van der Waals surface area contributed by atoms with Crippen molar-refractivity contribution in [3.05, 3.63) is 47.7 Å². The molecule has 1 atom stereocenters. The number of likely N-dealkylation sites (tertiary alicyclic amines) is 1. The molecule has 3 heterocycles. The Bertz CT molecular complexity index is 1040. The van der Waals surface area contributed by atoms with E-state index in [2.05, 4.69) is 60.4 Å². The normalized spacial score (nSPS) is 20.9. The summed E-state index contributed by atoms with van der Waals surface area (Å²) in [5, 5.41) is 12.8. The molecule has 10 nitrogen and oxygen atoms in total. The number of aromatic nitrogens is 2. The fraction of sp³-hybridized carbons (Fsp3) is 0.586. The summed E-state index contributed by atoms with van der Waals surface area (Å²) in [5.74, 6) is 0.843. The van der Waals surface area contributed by atoms with Crippen molar-refractivity contribution < 1.29 is 9.59 Å². The molecular weight excluding hydrogens is 492 g/mol. The zero-order chi connectivity index (χ0) is 27.3. The zero-order valence-electron chi connectivity index (χ0n) is 23.0. The van der Waals surface area contributed by atoms with Crippen molar-refractivity contribution in [1.82, 2.24) is 25.5 Å². The van der Waals surface area contributed by atoms with E-state index in [9.17, 15) is 9.59 Å². The second-order valence-corrected chi connectivity index (χ2v) is 10.6. The first kappa shape index (κ1) is 28.8. The first-order chi connectivity index (χ1) is 19.1. The number of fused-ring (bicyclic) bond motifs is 2. The number of benzene rings is 1. The van der Waals surface area contributed by atoms with Crippen LogP contribution in [0.5, 0.6) is 0 Å². The molecule has 1 aromatic carbocycles. The molecular formula is C29H44N8O2. The van der Waals surface area contributed by atoms with Gasteiger partial charge >= 0.3 is 0 Å². The van der Waals surface area contributed by atoms with Crippen LogP contribution in [0, 0.1) is 0 Å². The highest BCUT2D eigenvalue weighted by atomic mass is 16.2. The van der Waals surface area contributed by atoms with E-state index in [1.807, 2.05) is 6.07 Å². The molecule has 0 radical (unpaired) electrons. The van der Waals surface area contributed by atoms with Crippen LogP contribution >= 0.6 is 0 Å². The Morgan fingerprint density at radius 1 is 0.923 bits per heavy atom. The van der Waals surface area contributed by atoms with Gasteiger partial charge in [-0.25, -0.2) is 4.98 Å². The maximum absolute atomic E-state index is 13.3. The van der Waals surface area contributed by atoms with Crippen LogP contribution in [0.25, 0.3) is 0 Å². The third-order valence-electron chi connectivity index (χ3n) is 7.46. The number of nitrogens with two attached hydrogens (primary N) is 1. The highest BCUT2D eigenvalue weighted by Crippen LogP contribution is 2.18. The maximum Gasteiger partial charge on any atom is 0.256 e. The molecule has 0 spiro atoms. The van der Waals surface area contributed by atoms with E-state index in [-0.39, 0.29) is 17.9 Å². The Kier molecular flexibility index (Phi) is 11.3. The summed E-state index contributed by atoms with van der Waals surface area (Å²) in [6.45, 7) is 4.89. The number of carbonyl (C=O) groups is 2. The van der Waals surface area contributed by atoms with Crippen LogP contribution in [0.2, 0.25) is 0 Å². The highest BCUT2D eigenvalue weighted by molar-refractivity contribution is 5.98. The molecule has 10 heteroatoms. The number of rotatable bonds is 4.